The van der Waals surface area contributed by atoms with Crippen molar-refractivity contribution in [3.05, 3.63) is 70.0 Å². The van der Waals surface area contributed by atoms with Crippen molar-refractivity contribution in [3.8, 4) is 16.8 Å². The molecule has 0 atom stereocenters. The number of benzene rings is 2. The number of alkyl halides is 7. The Morgan fingerprint density at radius 3 is 2.11 bits per heavy atom. The van der Waals surface area contributed by atoms with Gasteiger partial charge < -0.3 is 5.32 Å². The van der Waals surface area contributed by atoms with Crippen LogP contribution >= 0.6 is 23.2 Å². The van der Waals surface area contributed by atoms with Crippen molar-refractivity contribution in [2.45, 2.75) is 37.9 Å². The maximum absolute atomic E-state index is 14.4. The first-order valence-electron chi connectivity index (χ1n) is 9.92. The van der Waals surface area contributed by atoms with Crippen LogP contribution in [0.15, 0.2) is 48.8 Å². The van der Waals surface area contributed by atoms with Gasteiger partial charge in [-0.15, -0.1) is 0 Å². The lowest BCUT2D eigenvalue weighted by molar-refractivity contribution is -0.348. The molecule has 0 aliphatic carbocycles. The highest BCUT2D eigenvalue weighted by molar-refractivity contribution is 6.37. The van der Waals surface area contributed by atoms with Crippen LogP contribution in [0.1, 0.15) is 24.5 Å². The lowest BCUT2D eigenvalue weighted by atomic mass is 9.94. The van der Waals surface area contributed by atoms with E-state index in [9.17, 15) is 35.5 Å². The van der Waals surface area contributed by atoms with Gasteiger partial charge in [-0.1, -0.05) is 48.3 Å². The minimum absolute atomic E-state index is 0.135. The van der Waals surface area contributed by atoms with Gasteiger partial charge >= 0.3 is 18.0 Å². The van der Waals surface area contributed by atoms with Crippen LogP contribution in [0, 0.1) is 0 Å². The van der Waals surface area contributed by atoms with Gasteiger partial charge in [0, 0.05) is 30.3 Å². The summed E-state index contributed by atoms with van der Waals surface area (Å²) >= 11 is 11.9. The molecule has 0 aliphatic heterocycles. The van der Waals surface area contributed by atoms with Crippen molar-refractivity contribution in [1.82, 2.24) is 15.1 Å². The fraction of sp³-hybridized carbons (Fsp3) is 0.273. The number of rotatable bonds is 6. The molecular formula is C22H16Cl2F7N3O. The van der Waals surface area contributed by atoms with Gasteiger partial charge in [-0.25, -0.2) is 9.07 Å². The SMILES string of the molecule is CCC(=O)NCc1cccc(-c2cnn(-c3c(Cl)cc(C(F)(C(F)(F)F)C(F)(F)F)cc3Cl)c2)c1. The van der Waals surface area contributed by atoms with Crippen LogP contribution in [0.25, 0.3) is 16.8 Å². The van der Waals surface area contributed by atoms with E-state index in [0.29, 0.717) is 17.5 Å². The van der Waals surface area contributed by atoms with Crippen molar-refractivity contribution in [3.63, 3.8) is 0 Å². The number of aromatic nitrogens is 2. The molecule has 3 rings (SSSR count). The number of carbonyl (C=O) groups excluding carboxylic acids is 1. The van der Waals surface area contributed by atoms with Crippen molar-refractivity contribution >= 4 is 29.1 Å². The molecule has 35 heavy (non-hydrogen) atoms. The number of carbonyl (C=O) groups is 1. The van der Waals surface area contributed by atoms with E-state index in [1.54, 1.807) is 31.2 Å². The Balaban J connectivity index is 1.98. The lowest BCUT2D eigenvalue weighted by Crippen LogP contribution is -2.50. The molecule has 0 bridgehead atoms. The van der Waals surface area contributed by atoms with E-state index in [2.05, 4.69) is 10.4 Å². The number of hydrogen-bond donors (Lipinski definition) is 1. The molecule has 2 aromatic carbocycles. The Hall–Kier alpha value is -2.79. The summed E-state index contributed by atoms with van der Waals surface area (Å²) in [6.07, 6.45) is -9.52. The summed E-state index contributed by atoms with van der Waals surface area (Å²) in [7, 11) is 0. The average Bonchev–Trinajstić information content (AvgIpc) is 3.24. The Kier molecular flexibility index (Phi) is 7.42. The van der Waals surface area contributed by atoms with Gasteiger partial charge in [-0.2, -0.15) is 31.4 Å². The largest absolute Gasteiger partial charge is 0.435 e. The third-order valence-corrected chi connectivity index (χ3v) is 5.65. The normalized spacial score (nSPS) is 12.6. The van der Waals surface area contributed by atoms with Gasteiger partial charge in [-0.05, 0) is 29.3 Å². The predicted octanol–water partition coefficient (Wildman–Crippen LogP) is 7.16. The summed E-state index contributed by atoms with van der Waals surface area (Å²) in [5, 5.41) is 5.41. The maximum Gasteiger partial charge on any atom is 0.435 e. The van der Waals surface area contributed by atoms with E-state index in [4.69, 9.17) is 23.2 Å². The number of nitrogens with one attached hydrogen (secondary N) is 1. The molecule has 1 N–H and O–H groups in total. The first-order chi connectivity index (χ1) is 16.2. The first kappa shape index (κ1) is 26.8. The molecule has 0 radical (unpaired) electrons. The summed E-state index contributed by atoms with van der Waals surface area (Å²) in [6, 6.07) is 7.44. The zero-order chi connectivity index (χ0) is 26.2. The van der Waals surface area contributed by atoms with Gasteiger partial charge in [0.25, 0.3) is 0 Å². The van der Waals surface area contributed by atoms with Crippen molar-refractivity contribution < 1.29 is 35.5 Å². The van der Waals surface area contributed by atoms with Crippen LogP contribution in [0.4, 0.5) is 30.7 Å². The van der Waals surface area contributed by atoms with Gasteiger partial charge in [-0.3, -0.25) is 4.79 Å². The topological polar surface area (TPSA) is 46.9 Å². The molecule has 0 spiro atoms. The fourth-order valence-electron chi connectivity index (χ4n) is 3.25. The summed E-state index contributed by atoms with van der Waals surface area (Å²) in [6.45, 7) is 1.99. The molecule has 3 aromatic rings. The highest BCUT2D eigenvalue weighted by Gasteiger charge is 2.73. The van der Waals surface area contributed by atoms with E-state index in [1.165, 1.54) is 12.4 Å². The summed E-state index contributed by atoms with van der Waals surface area (Å²) in [4.78, 5) is 11.5. The zero-order valence-corrected chi connectivity index (χ0v) is 19.2. The fourth-order valence-corrected chi connectivity index (χ4v) is 3.91. The molecule has 0 unspecified atom stereocenters. The van der Waals surface area contributed by atoms with Crippen LogP contribution in [0.2, 0.25) is 10.0 Å². The molecular weight excluding hydrogens is 526 g/mol. The Morgan fingerprint density at radius 1 is 0.971 bits per heavy atom. The van der Waals surface area contributed by atoms with Crippen LogP contribution in [0.3, 0.4) is 0 Å². The molecule has 4 nitrogen and oxygen atoms in total. The van der Waals surface area contributed by atoms with Crippen LogP contribution < -0.4 is 5.32 Å². The maximum atomic E-state index is 14.4. The van der Waals surface area contributed by atoms with E-state index < -0.39 is 33.6 Å². The quantitative estimate of drug-likeness (QED) is 0.336. The molecule has 1 aromatic heterocycles. The molecule has 1 amide bonds. The second-order valence-corrected chi connectivity index (χ2v) is 8.26. The van der Waals surface area contributed by atoms with Crippen LogP contribution in [-0.2, 0) is 17.0 Å². The second-order valence-electron chi connectivity index (χ2n) is 7.45. The standard InChI is InChI=1S/C22H16Cl2F7N3O/c1-2-18(35)32-9-12-4-3-5-13(6-12)14-10-33-34(11-14)19-16(23)7-15(8-17(19)24)20(25,21(26,27)28)22(29,30)31/h3-8,10-11H,2,9H2,1H3,(H,32,35). The summed E-state index contributed by atoms with van der Waals surface area (Å²) in [5.74, 6) is -0.135. The van der Waals surface area contributed by atoms with E-state index in [-0.39, 0.29) is 30.3 Å². The van der Waals surface area contributed by atoms with Crippen molar-refractivity contribution in [1.29, 1.82) is 0 Å². The van der Waals surface area contributed by atoms with Crippen molar-refractivity contribution in [2.24, 2.45) is 0 Å². The van der Waals surface area contributed by atoms with Crippen LogP contribution in [-0.4, -0.2) is 28.0 Å². The molecule has 0 saturated carbocycles. The average molecular weight is 542 g/mol. The molecule has 1 heterocycles. The van der Waals surface area contributed by atoms with Gasteiger partial charge in [0.2, 0.25) is 5.91 Å². The van der Waals surface area contributed by atoms with Gasteiger partial charge in [0.15, 0.2) is 0 Å². The number of nitrogens with zero attached hydrogens (tertiary/aromatic N) is 2. The van der Waals surface area contributed by atoms with Crippen molar-refractivity contribution in [2.75, 3.05) is 0 Å². The second kappa shape index (κ2) is 9.69. The number of amides is 1. The van der Waals surface area contributed by atoms with Crippen LogP contribution in [0.5, 0.6) is 0 Å². The van der Waals surface area contributed by atoms with E-state index in [0.717, 1.165) is 10.2 Å². The third kappa shape index (κ3) is 5.25. The minimum atomic E-state index is -6.31. The zero-order valence-electron chi connectivity index (χ0n) is 17.7. The molecule has 13 heteroatoms. The summed E-state index contributed by atoms with van der Waals surface area (Å²) < 4.78 is 94.0. The minimum Gasteiger partial charge on any atom is -0.352 e. The smallest absolute Gasteiger partial charge is 0.352 e. The number of halogens is 9. The molecule has 0 saturated heterocycles. The van der Waals surface area contributed by atoms with Gasteiger partial charge in [0.1, 0.15) is 5.69 Å². The first-order valence-corrected chi connectivity index (χ1v) is 10.7. The summed E-state index contributed by atoms with van der Waals surface area (Å²) in [5.41, 5.74) is -5.77. The lowest BCUT2D eigenvalue weighted by Gasteiger charge is -2.30. The third-order valence-electron chi connectivity index (χ3n) is 5.08. The highest BCUT2D eigenvalue weighted by Crippen LogP contribution is 2.54. The predicted molar refractivity (Wildman–Crippen MR) is 116 cm³/mol. The van der Waals surface area contributed by atoms with E-state index in [1.807, 2.05) is 0 Å². The Labute approximate surface area is 204 Å². The van der Waals surface area contributed by atoms with Gasteiger partial charge in [0.05, 0.1) is 16.2 Å². The molecule has 0 aliphatic rings. The van der Waals surface area contributed by atoms with E-state index >= 15 is 0 Å². The molecule has 188 valence electrons. The monoisotopic (exact) mass is 541 g/mol. The number of hydrogen-bond acceptors (Lipinski definition) is 2. The molecule has 0 fully saturated rings. The Bertz CT molecular complexity index is 1200. The highest BCUT2D eigenvalue weighted by atomic mass is 35.5. The Morgan fingerprint density at radius 2 is 1.57 bits per heavy atom.